The summed E-state index contributed by atoms with van der Waals surface area (Å²) in [7, 11) is 0. The molecule has 1 aromatic rings. The Labute approximate surface area is 247 Å². The van der Waals surface area contributed by atoms with Crippen molar-refractivity contribution in [3.8, 4) is 5.75 Å². The number of alkyl halides is 9. The average Bonchev–Trinajstić information content (AvgIpc) is 3.20. The lowest BCUT2D eigenvalue weighted by atomic mass is 9.55. The number of hydrogen-bond donors (Lipinski definition) is 0. The summed E-state index contributed by atoms with van der Waals surface area (Å²) in [5.41, 5.74) is -4.17. The molecular weight excluding hydrogens is 591 g/mol. The third kappa shape index (κ3) is 6.94. The molecule has 0 amide bonds. The molecule has 0 bridgehead atoms. The first kappa shape index (κ1) is 35.8. The lowest BCUT2D eigenvalue weighted by Crippen LogP contribution is -2.67. The zero-order valence-corrected chi connectivity index (χ0v) is 25.5. The van der Waals surface area contributed by atoms with Gasteiger partial charge in [-0.05, 0) is 112 Å². The number of aryl methyl sites for hydroxylation is 1. The van der Waals surface area contributed by atoms with Gasteiger partial charge in [0.15, 0.2) is 0 Å². The zero-order valence-electron chi connectivity index (χ0n) is 25.5. The molecule has 3 nitrogen and oxygen atoms in total. The molecule has 5 unspecified atom stereocenters. The van der Waals surface area contributed by atoms with Gasteiger partial charge in [0.2, 0.25) is 0 Å². The van der Waals surface area contributed by atoms with Gasteiger partial charge in [0.25, 0.3) is 0 Å². The summed E-state index contributed by atoms with van der Waals surface area (Å²) >= 11 is 0. The molecule has 0 aliphatic heterocycles. The number of halogens is 9. The molecule has 3 aliphatic rings. The van der Waals surface area contributed by atoms with Gasteiger partial charge in [-0.2, -0.15) is 39.5 Å². The normalized spacial score (nSPS) is 27.9. The molecule has 1 aromatic carbocycles. The van der Waals surface area contributed by atoms with E-state index in [1.807, 2.05) is 40.7 Å². The highest BCUT2D eigenvalue weighted by Crippen LogP contribution is 2.62. The van der Waals surface area contributed by atoms with E-state index < -0.39 is 37.2 Å². The highest BCUT2D eigenvalue weighted by Gasteiger charge is 2.85. The predicted octanol–water partition coefficient (Wildman–Crippen LogP) is 9.96. The summed E-state index contributed by atoms with van der Waals surface area (Å²) < 4.78 is 133. The van der Waals surface area contributed by atoms with Crippen LogP contribution in [0.1, 0.15) is 97.1 Å². The van der Waals surface area contributed by atoms with Gasteiger partial charge in [-0.3, -0.25) is 0 Å². The Morgan fingerprint density at radius 3 is 1.98 bits per heavy atom. The minimum atomic E-state index is -6.73. The quantitative estimate of drug-likeness (QED) is 0.221. The monoisotopic (exact) mass is 634 g/mol. The second kappa shape index (κ2) is 12.6. The fourth-order valence-corrected chi connectivity index (χ4v) is 7.44. The molecule has 2 saturated carbocycles. The number of fused-ring (bicyclic) bond motifs is 5. The molecule has 5 atom stereocenters. The van der Waals surface area contributed by atoms with Crippen LogP contribution in [-0.2, 0) is 15.9 Å². The van der Waals surface area contributed by atoms with E-state index in [1.165, 1.54) is 11.1 Å². The zero-order chi connectivity index (χ0) is 32.6. The molecule has 0 aromatic heterocycles. The number of rotatable bonds is 7. The predicted molar refractivity (Wildman–Crippen MR) is 144 cm³/mol. The van der Waals surface area contributed by atoms with E-state index in [-0.39, 0.29) is 23.7 Å². The summed E-state index contributed by atoms with van der Waals surface area (Å²) in [6, 6.07) is 6.29. The molecule has 43 heavy (non-hydrogen) atoms. The van der Waals surface area contributed by atoms with Crippen LogP contribution in [-0.4, -0.2) is 49.0 Å². The highest BCUT2D eigenvalue weighted by atomic mass is 19.4. The summed E-state index contributed by atoms with van der Waals surface area (Å²) in [5.74, 6) is 1.97. The Balaban J connectivity index is 0.00000248. The smallest absolute Gasteiger partial charge is 0.435 e. The Morgan fingerprint density at radius 1 is 0.814 bits per heavy atom. The van der Waals surface area contributed by atoms with E-state index >= 15 is 0 Å². The maximum Gasteiger partial charge on any atom is 0.435 e. The van der Waals surface area contributed by atoms with Crippen LogP contribution in [0.2, 0.25) is 0 Å². The van der Waals surface area contributed by atoms with Gasteiger partial charge in [-0.25, -0.2) is 0 Å². The van der Waals surface area contributed by atoms with Gasteiger partial charge in [-0.15, -0.1) is 0 Å². The van der Waals surface area contributed by atoms with Crippen LogP contribution in [0, 0.1) is 17.3 Å². The number of ether oxygens (including phenoxy) is 3. The van der Waals surface area contributed by atoms with E-state index in [2.05, 4.69) is 23.8 Å². The van der Waals surface area contributed by atoms with Gasteiger partial charge >= 0.3 is 24.1 Å². The molecule has 4 rings (SSSR count). The van der Waals surface area contributed by atoms with Crippen molar-refractivity contribution in [1.82, 2.24) is 0 Å². The van der Waals surface area contributed by atoms with Crippen molar-refractivity contribution in [2.75, 3.05) is 13.2 Å². The van der Waals surface area contributed by atoms with E-state index in [0.29, 0.717) is 24.2 Å². The summed E-state index contributed by atoms with van der Waals surface area (Å²) in [6.07, 6.45) is -15.8. The third-order valence-electron chi connectivity index (χ3n) is 9.16. The van der Waals surface area contributed by atoms with Gasteiger partial charge < -0.3 is 14.2 Å². The van der Waals surface area contributed by atoms with Crippen LogP contribution in [0.25, 0.3) is 0 Å². The first-order valence-electron chi connectivity index (χ1n) is 15.0. The molecule has 0 heterocycles. The third-order valence-corrected chi connectivity index (χ3v) is 9.16. The maximum atomic E-state index is 13.1. The second-order valence-corrected chi connectivity index (χ2v) is 12.8. The van der Waals surface area contributed by atoms with Crippen molar-refractivity contribution in [1.29, 1.82) is 0 Å². The van der Waals surface area contributed by atoms with Crippen LogP contribution >= 0.6 is 0 Å². The Bertz CT molecular complexity index is 1040. The van der Waals surface area contributed by atoms with Gasteiger partial charge in [0.05, 0.1) is 12.7 Å². The molecule has 2 fully saturated rings. The molecule has 0 radical (unpaired) electrons. The summed E-state index contributed by atoms with van der Waals surface area (Å²) in [4.78, 5) is 0. The van der Waals surface area contributed by atoms with Crippen LogP contribution in [0.15, 0.2) is 18.2 Å². The fourth-order valence-electron chi connectivity index (χ4n) is 7.44. The second-order valence-electron chi connectivity index (χ2n) is 12.8. The topological polar surface area (TPSA) is 27.7 Å². The van der Waals surface area contributed by atoms with Crippen LogP contribution in [0.4, 0.5) is 39.5 Å². The lowest BCUT2D eigenvalue weighted by Gasteiger charge is -2.50. The van der Waals surface area contributed by atoms with Crippen molar-refractivity contribution < 1.29 is 53.7 Å². The summed E-state index contributed by atoms with van der Waals surface area (Å²) in [6.45, 7) is 10.4. The average molecular weight is 635 g/mol. The van der Waals surface area contributed by atoms with Crippen LogP contribution in [0.3, 0.4) is 0 Å². The lowest BCUT2D eigenvalue weighted by molar-refractivity contribution is -0.457. The molecule has 248 valence electrons. The molecule has 0 N–H and O–H groups in total. The largest absolute Gasteiger partial charge is 0.488 e. The van der Waals surface area contributed by atoms with Crippen LogP contribution < -0.4 is 4.74 Å². The van der Waals surface area contributed by atoms with Crippen molar-refractivity contribution in [2.45, 2.75) is 128 Å². The SMILES string of the molecule is CC.CC(C)(C)Oc1ccc2c(c1)CCC1C2CCC2(C)C(OCCCOC(C(F)(F)F)(C(F)(F)F)C(F)(F)F)CCC12. The highest BCUT2D eigenvalue weighted by molar-refractivity contribution is 5.41. The number of benzene rings is 1. The molecule has 12 heteroatoms. The maximum absolute atomic E-state index is 13.1. The summed E-state index contributed by atoms with van der Waals surface area (Å²) in [5, 5.41) is 0. The van der Waals surface area contributed by atoms with Crippen molar-refractivity contribution in [3.05, 3.63) is 29.3 Å². The Kier molecular flexibility index (Phi) is 10.5. The number of hydrogen-bond acceptors (Lipinski definition) is 3. The Morgan fingerprint density at radius 2 is 1.42 bits per heavy atom. The Hall–Kier alpha value is -1.69. The van der Waals surface area contributed by atoms with Crippen LogP contribution in [0.5, 0.6) is 5.75 Å². The minimum Gasteiger partial charge on any atom is -0.488 e. The van der Waals surface area contributed by atoms with Crippen molar-refractivity contribution in [3.63, 3.8) is 0 Å². The molecule has 3 aliphatic carbocycles. The fraction of sp³-hybridized carbons (Fsp3) is 0.806. The van der Waals surface area contributed by atoms with Crippen molar-refractivity contribution >= 4 is 0 Å². The molecule has 0 spiro atoms. The first-order chi connectivity index (χ1) is 19.7. The minimum absolute atomic E-state index is 0.234. The molecule has 0 saturated heterocycles. The first-order valence-corrected chi connectivity index (χ1v) is 15.0. The van der Waals surface area contributed by atoms with E-state index in [9.17, 15) is 39.5 Å². The standard InChI is InChI=1S/C29H37F9O3.C2H6/c1-24(2,3)41-18-7-9-19-17(16-18)6-8-21-20(19)12-13-25(4)22(21)10-11-23(25)39-14-5-15-40-26(27(30,31)32,28(33,34)35)29(36,37)38;1-2/h7,9,16,20-23H,5-6,8,10-15H2,1-4H3;1-2H3. The van der Waals surface area contributed by atoms with Crippen molar-refractivity contribution in [2.24, 2.45) is 17.3 Å². The van der Waals surface area contributed by atoms with E-state index in [0.717, 1.165) is 37.9 Å². The molecular formula is C31H43F9O3. The van der Waals surface area contributed by atoms with Gasteiger partial charge in [0.1, 0.15) is 11.4 Å². The van der Waals surface area contributed by atoms with Gasteiger partial charge in [-0.1, -0.05) is 26.8 Å². The van der Waals surface area contributed by atoms with Gasteiger partial charge in [0, 0.05) is 6.61 Å². The van der Waals surface area contributed by atoms with E-state index in [1.54, 1.807) is 0 Å². The van der Waals surface area contributed by atoms with E-state index in [4.69, 9.17) is 9.47 Å².